The van der Waals surface area contributed by atoms with Gasteiger partial charge in [-0.3, -0.25) is 0 Å². The molecule has 0 spiro atoms. The molecule has 0 radical (unpaired) electrons. The number of anilines is 1. The zero-order chi connectivity index (χ0) is 11.0. The van der Waals surface area contributed by atoms with Crippen molar-refractivity contribution in [1.29, 1.82) is 0 Å². The molecule has 0 aromatic heterocycles. The van der Waals surface area contributed by atoms with E-state index in [1.807, 2.05) is 0 Å². The first-order valence-corrected chi connectivity index (χ1v) is 5.84. The summed E-state index contributed by atoms with van der Waals surface area (Å²) < 4.78 is 5.24. The van der Waals surface area contributed by atoms with Crippen molar-refractivity contribution in [3.05, 3.63) is 29.8 Å². The highest BCUT2D eigenvalue weighted by molar-refractivity contribution is 5.58. The summed E-state index contributed by atoms with van der Waals surface area (Å²) in [6.45, 7) is 3.61. The largest absolute Gasteiger partial charge is 0.396 e. The fourth-order valence-electron chi connectivity index (χ4n) is 2.60. The van der Waals surface area contributed by atoms with Crippen molar-refractivity contribution in [2.45, 2.75) is 6.42 Å². The van der Waals surface area contributed by atoms with E-state index in [0.717, 1.165) is 19.5 Å². The van der Waals surface area contributed by atoms with Gasteiger partial charge < -0.3 is 14.7 Å². The van der Waals surface area contributed by atoms with Gasteiger partial charge in [0.25, 0.3) is 0 Å². The molecule has 3 rings (SSSR count). The smallest absolute Gasteiger partial charge is 0.0584 e. The van der Waals surface area contributed by atoms with Gasteiger partial charge in [0.1, 0.15) is 0 Å². The maximum atomic E-state index is 9.44. The van der Waals surface area contributed by atoms with Gasteiger partial charge >= 0.3 is 0 Å². The van der Waals surface area contributed by atoms with Crippen LogP contribution in [0.2, 0.25) is 0 Å². The summed E-state index contributed by atoms with van der Waals surface area (Å²) in [7, 11) is 0. The number of hydrogen-bond donors (Lipinski definition) is 1. The highest BCUT2D eigenvalue weighted by Gasteiger charge is 2.40. The van der Waals surface area contributed by atoms with Crippen LogP contribution in [0.4, 0.5) is 5.69 Å². The number of ether oxygens (including phenoxy) is 1. The number of nitrogens with zero attached hydrogens (tertiary/aromatic N) is 1. The number of hydrogen-bond acceptors (Lipinski definition) is 3. The van der Waals surface area contributed by atoms with Crippen LogP contribution < -0.4 is 4.90 Å². The normalized spacial score (nSPS) is 21.7. The van der Waals surface area contributed by atoms with Gasteiger partial charge in [0.05, 0.1) is 25.2 Å². The molecule has 1 fully saturated rings. The number of para-hydroxylation sites is 1. The average Bonchev–Trinajstić information content (AvgIpc) is 2.67. The molecule has 16 heavy (non-hydrogen) atoms. The summed E-state index contributed by atoms with van der Waals surface area (Å²) in [6, 6.07) is 8.54. The Morgan fingerprint density at radius 3 is 2.81 bits per heavy atom. The summed E-state index contributed by atoms with van der Waals surface area (Å²) in [5.74, 6) is 0. The van der Waals surface area contributed by atoms with E-state index in [1.165, 1.54) is 11.3 Å². The van der Waals surface area contributed by atoms with Gasteiger partial charge in [0.2, 0.25) is 0 Å². The Hall–Kier alpha value is -1.06. The molecule has 2 aliphatic rings. The third kappa shape index (κ3) is 1.51. The Kier molecular flexibility index (Phi) is 2.37. The van der Waals surface area contributed by atoms with Crippen molar-refractivity contribution in [3.8, 4) is 0 Å². The van der Waals surface area contributed by atoms with E-state index in [1.54, 1.807) is 0 Å². The van der Waals surface area contributed by atoms with Gasteiger partial charge in [-0.05, 0) is 18.1 Å². The maximum absolute atomic E-state index is 9.44. The molecule has 1 saturated heterocycles. The lowest BCUT2D eigenvalue weighted by atomic mass is 9.86. The maximum Gasteiger partial charge on any atom is 0.0584 e. The second-order valence-corrected chi connectivity index (χ2v) is 4.95. The SMILES string of the molecule is OCC1(CN2CCc3ccccc32)COC1. The van der Waals surface area contributed by atoms with E-state index >= 15 is 0 Å². The summed E-state index contributed by atoms with van der Waals surface area (Å²) >= 11 is 0. The Morgan fingerprint density at radius 2 is 2.12 bits per heavy atom. The monoisotopic (exact) mass is 219 g/mol. The zero-order valence-corrected chi connectivity index (χ0v) is 9.35. The number of rotatable bonds is 3. The summed E-state index contributed by atoms with van der Waals surface area (Å²) in [5.41, 5.74) is 2.75. The Labute approximate surface area is 95.6 Å². The standard InChI is InChI=1S/C13H17NO2/c15-8-13(9-16-10-13)7-14-6-5-11-3-1-2-4-12(11)14/h1-4,15H,5-10H2. The summed E-state index contributed by atoms with van der Waals surface area (Å²) in [6.07, 6.45) is 1.12. The molecule has 0 saturated carbocycles. The van der Waals surface area contributed by atoms with Gasteiger partial charge in [-0.1, -0.05) is 18.2 Å². The van der Waals surface area contributed by atoms with Crippen molar-refractivity contribution in [2.75, 3.05) is 37.8 Å². The fraction of sp³-hybridized carbons (Fsp3) is 0.538. The van der Waals surface area contributed by atoms with Gasteiger partial charge in [-0.25, -0.2) is 0 Å². The predicted molar refractivity (Wildman–Crippen MR) is 62.7 cm³/mol. The first kappa shape index (κ1) is 10.1. The lowest BCUT2D eigenvalue weighted by molar-refractivity contribution is -0.130. The minimum absolute atomic E-state index is 0.0164. The molecule has 1 aromatic carbocycles. The van der Waals surface area contributed by atoms with Crippen LogP contribution in [-0.4, -0.2) is 38.0 Å². The van der Waals surface area contributed by atoms with E-state index < -0.39 is 0 Å². The van der Waals surface area contributed by atoms with Crippen LogP contribution in [0.3, 0.4) is 0 Å². The molecule has 2 heterocycles. The minimum atomic E-state index is -0.0164. The van der Waals surface area contributed by atoms with Gasteiger partial charge in [0, 0.05) is 18.8 Å². The van der Waals surface area contributed by atoms with Gasteiger partial charge in [-0.2, -0.15) is 0 Å². The molecule has 1 N–H and O–H groups in total. The highest BCUT2D eigenvalue weighted by Crippen LogP contribution is 2.34. The van der Waals surface area contributed by atoms with Crippen LogP contribution in [0.15, 0.2) is 24.3 Å². The summed E-state index contributed by atoms with van der Waals surface area (Å²) in [5, 5.41) is 9.44. The molecule has 86 valence electrons. The van der Waals surface area contributed by atoms with Crippen molar-refractivity contribution in [1.82, 2.24) is 0 Å². The molecule has 0 bridgehead atoms. The van der Waals surface area contributed by atoms with E-state index in [-0.39, 0.29) is 12.0 Å². The van der Waals surface area contributed by atoms with E-state index in [9.17, 15) is 5.11 Å². The number of aliphatic hydroxyl groups is 1. The topological polar surface area (TPSA) is 32.7 Å². The van der Waals surface area contributed by atoms with E-state index in [2.05, 4.69) is 29.2 Å². The van der Waals surface area contributed by atoms with Gasteiger partial charge in [0.15, 0.2) is 0 Å². The molecule has 0 amide bonds. The fourth-order valence-corrected chi connectivity index (χ4v) is 2.60. The molecule has 0 aliphatic carbocycles. The summed E-state index contributed by atoms with van der Waals surface area (Å²) in [4.78, 5) is 2.38. The lowest BCUT2D eigenvalue weighted by Crippen LogP contribution is -2.53. The molecule has 0 atom stereocenters. The van der Waals surface area contributed by atoms with Crippen LogP contribution in [0.1, 0.15) is 5.56 Å². The van der Waals surface area contributed by atoms with Crippen molar-refractivity contribution >= 4 is 5.69 Å². The molecular weight excluding hydrogens is 202 g/mol. The second kappa shape index (κ2) is 3.75. The predicted octanol–water partition coefficient (Wildman–Crippen LogP) is 1.06. The Morgan fingerprint density at radius 1 is 1.31 bits per heavy atom. The average molecular weight is 219 g/mol. The zero-order valence-electron chi connectivity index (χ0n) is 9.35. The van der Waals surface area contributed by atoms with Crippen molar-refractivity contribution in [2.24, 2.45) is 5.41 Å². The van der Waals surface area contributed by atoms with Crippen LogP contribution in [0, 0.1) is 5.41 Å². The Balaban J connectivity index is 1.78. The van der Waals surface area contributed by atoms with Crippen molar-refractivity contribution < 1.29 is 9.84 Å². The van der Waals surface area contributed by atoms with E-state index in [0.29, 0.717) is 13.2 Å². The third-order valence-corrected chi connectivity index (χ3v) is 3.66. The first-order valence-electron chi connectivity index (χ1n) is 5.84. The third-order valence-electron chi connectivity index (χ3n) is 3.66. The lowest BCUT2D eigenvalue weighted by Gasteiger charge is -2.43. The second-order valence-electron chi connectivity index (χ2n) is 4.95. The molecule has 3 heteroatoms. The molecule has 0 unspecified atom stereocenters. The number of benzene rings is 1. The Bertz CT molecular complexity index is 382. The number of fused-ring (bicyclic) bond motifs is 1. The molecular formula is C13H17NO2. The first-order chi connectivity index (χ1) is 7.83. The van der Waals surface area contributed by atoms with Gasteiger partial charge in [-0.15, -0.1) is 0 Å². The van der Waals surface area contributed by atoms with Crippen LogP contribution in [0.25, 0.3) is 0 Å². The van der Waals surface area contributed by atoms with Crippen molar-refractivity contribution in [3.63, 3.8) is 0 Å². The number of aliphatic hydroxyl groups excluding tert-OH is 1. The van der Waals surface area contributed by atoms with Crippen LogP contribution >= 0.6 is 0 Å². The highest BCUT2D eigenvalue weighted by atomic mass is 16.5. The molecule has 1 aromatic rings. The van der Waals surface area contributed by atoms with Crippen LogP contribution in [-0.2, 0) is 11.2 Å². The molecule has 2 aliphatic heterocycles. The van der Waals surface area contributed by atoms with E-state index in [4.69, 9.17) is 4.74 Å². The van der Waals surface area contributed by atoms with Crippen LogP contribution in [0.5, 0.6) is 0 Å². The quantitative estimate of drug-likeness (QED) is 0.825. The molecule has 3 nitrogen and oxygen atoms in total. The minimum Gasteiger partial charge on any atom is -0.396 e.